The number of nitrogens with zero attached hydrogens (tertiary/aromatic N) is 3. The van der Waals surface area contributed by atoms with Crippen molar-refractivity contribution in [3.63, 3.8) is 0 Å². The molecule has 0 aliphatic carbocycles. The molecule has 0 radical (unpaired) electrons. The van der Waals surface area contributed by atoms with E-state index >= 15 is 0 Å². The zero-order valence-electron chi connectivity index (χ0n) is 14.4. The molecule has 3 heterocycles. The van der Waals surface area contributed by atoms with Crippen molar-refractivity contribution >= 4 is 40.8 Å². The van der Waals surface area contributed by atoms with Crippen molar-refractivity contribution < 1.29 is 9.59 Å². The van der Waals surface area contributed by atoms with Gasteiger partial charge in [-0.1, -0.05) is 18.2 Å². The summed E-state index contributed by atoms with van der Waals surface area (Å²) in [7, 11) is 0. The van der Waals surface area contributed by atoms with E-state index in [0.717, 1.165) is 16.5 Å². The molecule has 0 fully saturated rings. The lowest BCUT2D eigenvalue weighted by Crippen LogP contribution is -2.25. The van der Waals surface area contributed by atoms with Crippen LogP contribution in [0, 0.1) is 4.77 Å². The summed E-state index contributed by atoms with van der Waals surface area (Å²) in [6.45, 7) is 0.408. The lowest BCUT2D eigenvalue weighted by Gasteiger charge is -2.13. The van der Waals surface area contributed by atoms with Gasteiger partial charge in [0.25, 0.3) is 0 Å². The van der Waals surface area contributed by atoms with Gasteiger partial charge in [-0.3, -0.25) is 19.1 Å². The Bertz CT molecular complexity index is 1080. The van der Waals surface area contributed by atoms with Crippen molar-refractivity contribution in [2.24, 2.45) is 0 Å². The average molecular weight is 379 g/mol. The van der Waals surface area contributed by atoms with Crippen LogP contribution in [0.2, 0.25) is 0 Å². The van der Waals surface area contributed by atoms with E-state index in [-0.39, 0.29) is 18.2 Å². The predicted molar refractivity (Wildman–Crippen MR) is 104 cm³/mol. The molecule has 2 amide bonds. The van der Waals surface area contributed by atoms with Crippen LogP contribution in [-0.4, -0.2) is 26.3 Å². The minimum atomic E-state index is -0.534. The maximum atomic E-state index is 12.5. The van der Waals surface area contributed by atoms with Gasteiger partial charge >= 0.3 is 0 Å². The smallest absolute Gasteiger partial charge is 0.248 e. The Morgan fingerprint density at radius 2 is 2.11 bits per heavy atom. The van der Waals surface area contributed by atoms with Crippen LogP contribution in [0.15, 0.2) is 48.8 Å². The van der Waals surface area contributed by atoms with E-state index in [0.29, 0.717) is 23.6 Å². The first-order valence-electron chi connectivity index (χ1n) is 8.61. The Hall–Kier alpha value is -3.13. The molecule has 1 unspecified atom stereocenters. The number of aromatic nitrogens is 3. The number of fused-ring (bicyclic) bond motifs is 3. The highest BCUT2D eigenvalue weighted by molar-refractivity contribution is 7.71. The van der Waals surface area contributed by atoms with E-state index in [1.807, 2.05) is 36.4 Å². The standard InChI is InChI=1S/C19H17N5O2S/c25-16(21-11-12-4-3-9-20-10-12)8-7-15-18(26)23-17-13-5-1-2-6-14(13)22-19(27)24(15)17/h1-6,9-10,15H,7-8,11H2,(H,21,25)(H,23,26). The molecular weight excluding hydrogens is 362 g/mol. The molecule has 0 saturated heterocycles. The quantitative estimate of drug-likeness (QED) is 0.666. The number of amides is 2. The van der Waals surface area contributed by atoms with Crippen molar-refractivity contribution in [2.75, 3.05) is 5.32 Å². The number of anilines is 1. The Balaban J connectivity index is 1.48. The van der Waals surface area contributed by atoms with Crippen LogP contribution < -0.4 is 10.6 Å². The van der Waals surface area contributed by atoms with Crippen molar-refractivity contribution in [3.8, 4) is 0 Å². The van der Waals surface area contributed by atoms with Crippen LogP contribution in [0.1, 0.15) is 24.4 Å². The van der Waals surface area contributed by atoms with Gasteiger partial charge < -0.3 is 10.6 Å². The first-order valence-corrected chi connectivity index (χ1v) is 9.02. The molecule has 7 nitrogen and oxygen atoms in total. The fraction of sp³-hybridized carbons (Fsp3) is 0.211. The summed E-state index contributed by atoms with van der Waals surface area (Å²) >= 11 is 5.38. The summed E-state index contributed by atoms with van der Waals surface area (Å²) in [5.74, 6) is 0.357. The molecule has 27 heavy (non-hydrogen) atoms. The minimum Gasteiger partial charge on any atom is -0.352 e. The summed E-state index contributed by atoms with van der Waals surface area (Å²) in [6.07, 6.45) is 3.96. The second-order valence-corrected chi connectivity index (χ2v) is 6.68. The average Bonchev–Trinajstić information content (AvgIpc) is 3.02. The Morgan fingerprint density at radius 1 is 1.26 bits per heavy atom. The fourth-order valence-electron chi connectivity index (χ4n) is 3.21. The fourth-order valence-corrected chi connectivity index (χ4v) is 3.52. The predicted octanol–water partition coefficient (Wildman–Crippen LogP) is 2.75. The summed E-state index contributed by atoms with van der Waals surface area (Å²) in [4.78, 5) is 33.1. The van der Waals surface area contributed by atoms with Crippen LogP contribution in [-0.2, 0) is 16.1 Å². The van der Waals surface area contributed by atoms with Gasteiger partial charge in [-0.2, -0.15) is 0 Å². The molecule has 1 aromatic carbocycles. The number of hydrogen-bond donors (Lipinski definition) is 2. The monoisotopic (exact) mass is 379 g/mol. The van der Waals surface area contributed by atoms with Crippen molar-refractivity contribution in [1.29, 1.82) is 0 Å². The van der Waals surface area contributed by atoms with Crippen LogP contribution in [0.5, 0.6) is 0 Å². The third kappa shape index (κ3) is 3.43. The number of pyridine rings is 1. The van der Waals surface area contributed by atoms with E-state index in [1.165, 1.54) is 0 Å². The summed E-state index contributed by atoms with van der Waals surface area (Å²) in [5.41, 5.74) is 1.66. The highest BCUT2D eigenvalue weighted by Gasteiger charge is 2.32. The van der Waals surface area contributed by atoms with Crippen LogP contribution in [0.4, 0.5) is 5.82 Å². The zero-order chi connectivity index (χ0) is 18.8. The van der Waals surface area contributed by atoms with Crippen molar-refractivity contribution in [3.05, 3.63) is 59.1 Å². The summed E-state index contributed by atoms with van der Waals surface area (Å²) < 4.78 is 2.05. The number of para-hydroxylation sites is 1. The third-order valence-corrected chi connectivity index (χ3v) is 4.82. The molecule has 4 rings (SSSR count). The second-order valence-electron chi connectivity index (χ2n) is 6.31. The molecule has 136 valence electrons. The molecule has 1 aliphatic heterocycles. The molecule has 2 N–H and O–H groups in total. The van der Waals surface area contributed by atoms with Gasteiger partial charge in [0.2, 0.25) is 16.6 Å². The summed E-state index contributed by atoms with van der Waals surface area (Å²) in [6, 6.07) is 10.7. The Morgan fingerprint density at radius 3 is 2.93 bits per heavy atom. The van der Waals surface area contributed by atoms with Crippen LogP contribution in [0.25, 0.3) is 10.9 Å². The number of carbonyl (C=O) groups excluding carboxylic acids is 2. The van der Waals surface area contributed by atoms with E-state index in [4.69, 9.17) is 12.2 Å². The first-order chi connectivity index (χ1) is 13.1. The van der Waals surface area contributed by atoms with Gasteiger partial charge in [-0.25, -0.2) is 4.98 Å². The van der Waals surface area contributed by atoms with Gasteiger partial charge in [-0.05, 0) is 42.4 Å². The SMILES string of the molecule is O=C(CCC1C(=O)Nc2c3ccccc3nc(=S)n21)NCc1cccnc1. The number of carbonyl (C=O) groups is 2. The number of nitrogens with one attached hydrogen (secondary N) is 2. The third-order valence-electron chi connectivity index (χ3n) is 4.54. The normalized spacial score (nSPS) is 15.4. The molecule has 2 aromatic heterocycles. The van der Waals surface area contributed by atoms with Gasteiger partial charge in [0.1, 0.15) is 11.9 Å². The molecule has 0 spiro atoms. The molecule has 3 aromatic rings. The maximum absolute atomic E-state index is 12.5. The van der Waals surface area contributed by atoms with Gasteiger partial charge in [0, 0.05) is 30.7 Å². The molecule has 0 bridgehead atoms. The maximum Gasteiger partial charge on any atom is 0.248 e. The largest absolute Gasteiger partial charge is 0.352 e. The highest BCUT2D eigenvalue weighted by Crippen LogP contribution is 2.33. The van der Waals surface area contributed by atoms with Crippen molar-refractivity contribution in [1.82, 2.24) is 19.9 Å². The van der Waals surface area contributed by atoms with Crippen molar-refractivity contribution in [2.45, 2.75) is 25.4 Å². The molecule has 0 saturated carbocycles. The highest BCUT2D eigenvalue weighted by atomic mass is 32.1. The molecule has 1 aliphatic rings. The molecule has 8 heteroatoms. The first kappa shape index (κ1) is 17.3. The van der Waals surface area contributed by atoms with Crippen LogP contribution >= 0.6 is 12.2 Å². The van der Waals surface area contributed by atoms with E-state index < -0.39 is 6.04 Å². The Labute approximate surface area is 160 Å². The zero-order valence-corrected chi connectivity index (χ0v) is 15.2. The van der Waals surface area contributed by atoms with Gasteiger partial charge in [0.05, 0.1) is 5.52 Å². The summed E-state index contributed by atoms with van der Waals surface area (Å²) in [5, 5.41) is 6.57. The topological polar surface area (TPSA) is 88.9 Å². The lowest BCUT2D eigenvalue weighted by atomic mass is 10.1. The molecular formula is C19H17N5O2S. The van der Waals surface area contributed by atoms with Gasteiger partial charge in [-0.15, -0.1) is 0 Å². The van der Waals surface area contributed by atoms with E-state index in [2.05, 4.69) is 20.6 Å². The molecule has 1 atom stereocenters. The van der Waals surface area contributed by atoms with Crippen LogP contribution in [0.3, 0.4) is 0 Å². The van der Waals surface area contributed by atoms with E-state index in [9.17, 15) is 9.59 Å². The number of benzene rings is 1. The second kappa shape index (κ2) is 7.24. The Kier molecular flexibility index (Phi) is 4.64. The number of hydrogen-bond acceptors (Lipinski definition) is 5. The number of rotatable bonds is 5. The lowest BCUT2D eigenvalue weighted by molar-refractivity contribution is -0.122. The minimum absolute atomic E-state index is 0.125. The van der Waals surface area contributed by atoms with E-state index in [1.54, 1.807) is 17.0 Å². The van der Waals surface area contributed by atoms with Gasteiger partial charge in [0.15, 0.2) is 0 Å².